The van der Waals surface area contributed by atoms with Crippen molar-refractivity contribution in [3.8, 4) is 11.3 Å². The zero-order valence-corrected chi connectivity index (χ0v) is 20.5. The molecule has 1 unspecified atom stereocenters. The molecule has 5 N–H and O–H groups in total. The lowest BCUT2D eigenvalue weighted by molar-refractivity contribution is -0.155. The number of carboxylic acid groups (broad SMARTS) is 1. The van der Waals surface area contributed by atoms with E-state index in [1.165, 1.54) is 28.0 Å². The predicted octanol–water partition coefficient (Wildman–Crippen LogP) is 1.40. The van der Waals surface area contributed by atoms with Crippen LogP contribution in [0.3, 0.4) is 0 Å². The number of pyridine rings is 1. The lowest BCUT2D eigenvalue weighted by Crippen LogP contribution is -2.72. The quantitative estimate of drug-likeness (QED) is 0.145. The van der Waals surface area contributed by atoms with Gasteiger partial charge in [0.2, 0.25) is 11.5 Å². The molecular formula is C20H16N8O5S3. The molecule has 2 amide bonds. The van der Waals surface area contributed by atoms with E-state index in [-0.39, 0.29) is 16.7 Å². The fourth-order valence-electron chi connectivity index (χ4n) is 3.93. The number of allylic oxidation sites excluding steroid dienone is 1. The van der Waals surface area contributed by atoms with Gasteiger partial charge in [-0.05, 0) is 25.0 Å². The number of amides is 2. The van der Waals surface area contributed by atoms with Gasteiger partial charge in [0.15, 0.2) is 9.47 Å². The fraction of sp³-hybridized carbons (Fsp3) is 0.200. The third-order valence-electron chi connectivity index (χ3n) is 5.52. The Morgan fingerprint density at radius 2 is 2.06 bits per heavy atom. The number of nitrogens with zero attached hydrogens (tertiary/aromatic N) is 6. The number of thioether (sulfide) groups is 1. The summed E-state index contributed by atoms with van der Waals surface area (Å²) in [5.41, 5.74) is 6.52. The lowest BCUT2D eigenvalue weighted by Gasteiger charge is -2.49. The van der Waals surface area contributed by atoms with Crippen molar-refractivity contribution in [3.63, 3.8) is 0 Å². The molecule has 0 saturated carbocycles. The number of fused-ring (bicyclic) bond motifs is 1. The Bertz CT molecular complexity index is 1420. The van der Waals surface area contributed by atoms with Crippen LogP contribution in [0.25, 0.3) is 11.3 Å². The van der Waals surface area contributed by atoms with Crippen LogP contribution in [-0.4, -0.2) is 70.1 Å². The molecule has 0 bridgehead atoms. The summed E-state index contributed by atoms with van der Waals surface area (Å²) in [4.78, 5) is 51.7. The van der Waals surface area contributed by atoms with E-state index < -0.39 is 35.6 Å². The molecule has 5 heterocycles. The Balaban J connectivity index is 1.33. The number of aromatic nitrogens is 4. The van der Waals surface area contributed by atoms with E-state index in [0.29, 0.717) is 22.1 Å². The Labute approximate surface area is 214 Å². The minimum Gasteiger partial charge on any atom is -0.477 e. The van der Waals surface area contributed by atoms with Crippen LogP contribution in [0.5, 0.6) is 0 Å². The first-order valence-electron chi connectivity index (χ1n) is 10.3. The molecule has 2 atom stereocenters. The number of thiazole rings is 1. The maximum atomic E-state index is 12.9. The van der Waals surface area contributed by atoms with Gasteiger partial charge < -0.3 is 21.4 Å². The number of carbonyl (C=O) groups excluding carboxylic acids is 2. The normalized spacial score (nSPS) is 19.6. The summed E-state index contributed by atoms with van der Waals surface area (Å²) in [5, 5.41) is 26.5. The number of carbonyl (C=O) groups is 3. The van der Waals surface area contributed by atoms with Gasteiger partial charge in [0.25, 0.3) is 11.8 Å². The highest BCUT2D eigenvalue weighted by Crippen LogP contribution is 2.44. The molecule has 5 rings (SSSR count). The first-order chi connectivity index (χ1) is 17.4. The molecule has 0 aromatic carbocycles. The van der Waals surface area contributed by atoms with Gasteiger partial charge >= 0.3 is 5.97 Å². The number of hydrogen-bond acceptors (Lipinski definition) is 13. The minimum atomic E-state index is -1.24. The van der Waals surface area contributed by atoms with Crippen molar-refractivity contribution < 1.29 is 24.7 Å². The Hall–Kier alpha value is -3.89. The standard InChI is InChI=1S/C20H16N8O5S3/c21-19-25-15(27-36-19)13(26-33)16(29)24-12-10-1-2-11(14(18(31)32)28(10)17(12)30)35-20-23-9(7-34-20)8-3-5-22-6-4-8/h3-7,10,12,33H,1-2H2,(H,24,29)(H,31,32)(H2,21,25,27)/b26-13-/t10-,12?/m1/s1. The molecule has 0 aliphatic carbocycles. The Morgan fingerprint density at radius 3 is 2.72 bits per heavy atom. The average Bonchev–Trinajstić information content (AvgIpc) is 3.52. The van der Waals surface area contributed by atoms with Crippen LogP contribution < -0.4 is 11.1 Å². The third-order valence-corrected chi connectivity index (χ3v) is 8.14. The van der Waals surface area contributed by atoms with Gasteiger partial charge in [-0.25, -0.2) is 9.78 Å². The predicted molar refractivity (Wildman–Crippen MR) is 130 cm³/mol. The topological polar surface area (TPSA) is 197 Å². The first-order valence-corrected chi connectivity index (χ1v) is 12.8. The van der Waals surface area contributed by atoms with Crippen LogP contribution in [0, 0.1) is 0 Å². The van der Waals surface area contributed by atoms with Gasteiger partial charge in [0.1, 0.15) is 11.7 Å². The molecule has 184 valence electrons. The Morgan fingerprint density at radius 1 is 1.28 bits per heavy atom. The number of aliphatic carboxylic acids is 1. The van der Waals surface area contributed by atoms with E-state index in [9.17, 15) is 24.7 Å². The molecule has 0 spiro atoms. The van der Waals surface area contributed by atoms with E-state index in [1.54, 1.807) is 12.4 Å². The summed E-state index contributed by atoms with van der Waals surface area (Å²) in [6, 6.07) is 2.12. The van der Waals surface area contributed by atoms with Crippen molar-refractivity contribution in [1.29, 1.82) is 0 Å². The van der Waals surface area contributed by atoms with Crippen LogP contribution in [0.15, 0.2) is 50.0 Å². The fourth-order valence-corrected chi connectivity index (χ4v) is 6.41. The van der Waals surface area contributed by atoms with Crippen LogP contribution in [0.4, 0.5) is 5.13 Å². The van der Waals surface area contributed by atoms with Gasteiger partial charge in [-0.1, -0.05) is 16.9 Å². The van der Waals surface area contributed by atoms with Crippen LogP contribution >= 0.6 is 34.6 Å². The monoisotopic (exact) mass is 544 g/mol. The number of nitrogens with one attached hydrogen (secondary N) is 1. The molecule has 16 heteroatoms. The number of nitrogens with two attached hydrogens (primary N) is 1. The Kier molecular flexibility index (Phi) is 6.38. The molecule has 3 aromatic heterocycles. The van der Waals surface area contributed by atoms with E-state index in [1.807, 2.05) is 17.5 Å². The van der Waals surface area contributed by atoms with E-state index in [4.69, 9.17) is 5.73 Å². The molecule has 1 saturated heterocycles. The van der Waals surface area contributed by atoms with Crippen LogP contribution in [0.1, 0.15) is 18.7 Å². The number of nitrogen functional groups attached to an aromatic ring is 1. The number of carboxylic acids is 1. The molecule has 1 fully saturated rings. The number of oxime groups is 1. The zero-order valence-electron chi connectivity index (χ0n) is 18.1. The molecule has 13 nitrogen and oxygen atoms in total. The minimum absolute atomic E-state index is 0.0755. The van der Waals surface area contributed by atoms with Gasteiger partial charge in [-0.2, -0.15) is 9.36 Å². The van der Waals surface area contributed by atoms with Crippen LogP contribution in [0.2, 0.25) is 0 Å². The summed E-state index contributed by atoms with van der Waals surface area (Å²) < 4.78 is 4.47. The van der Waals surface area contributed by atoms with Gasteiger partial charge in [0.05, 0.1) is 11.7 Å². The van der Waals surface area contributed by atoms with Gasteiger partial charge in [-0.3, -0.25) is 19.5 Å². The van der Waals surface area contributed by atoms with Gasteiger partial charge in [0, 0.05) is 39.8 Å². The highest BCUT2D eigenvalue weighted by atomic mass is 32.2. The molecular weight excluding hydrogens is 528 g/mol. The summed E-state index contributed by atoms with van der Waals surface area (Å²) in [7, 11) is 0. The number of rotatable bonds is 7. The van der Waals surface area contributed by atoms with Crippen molar-refractivity contribution in [1.82, 2.24) is 29.5 Å². The summed E-state index contributed by atoms with van der Waals surface area (Å²) in [6.07, 6.45) is 4.13. The third kappa shape index (κ3) is 4.29. The highest BCUT2D eigenvalue weighted by Gasteiger charge is 2.54. The molecule has 2 aliphatic rings. The van der Waals surface area contributed by atoms with E-state index in [0.717, 1.165) is 22.8 Å². The van der Waals surface area contributed by atoms with Crippen molar-refractivity contribution in [2.75, 3.05) is 5.73 Å². The van der Waals surface area contributed by atoms with Crippen molar-refractivity contribution in [2.45, 2.75) is 29.3 Å². The second-order valence-electron chi connectivity index (χ2n) is 7.58. The second-order valence-corrected chi connectivity index (χ2v) is 10.6. The summed E-state index contributed by atoms with van der Waals surface area (Å²) >= 11 is 3.40. The maximum Gasteiger partial charge on any atom is 0.353 e. The van der Waals surface area contributed by atoms with E-state index in [2.05, 4.69) is 29.8 Å². The molecule has 2 aliphatic heterocycles. The second kappa shape index (κ2) is 9.63. The number of hydrogen-bond donors (Lipinski definition) is 4. The van der Waals surface area contributed by atoms with Gasteiger partial charge in [-0.15, -0.1) is 11.3 Å². The average molecular weight is 545 g/mol. The molecule has 0 radical (unpaired) electrons. The van der Waals surface area contributed by atoms with Crippen molar-refractivity contribution in [2.24, 2.45) is 5.16 Å². The lowest BCUT2D eigenvalue weighted by atomic mass is 9.86. The van der Waals surface area contributed by atoms with Crippen molar-refractivity contribution in [3.05, 3.63) is 46.3 Å². The smallest absolute Gasteiger partial charge is 0.353 e. The van der Waals surface area contributed by atoms with Crippen LogP contribution in [-0.2, 0) is 14.4 Å². The molecule has 3 aromatic rings. The maximum absolute atomic E-state index is 12.9. The highest BCUT2D eigenvalue weighted by molar-refractivity contribution is 8.04. The number of anilines is 1. The van der Waals surface area contributed by atoms with Crippen molar-refractivity contribution >= 4 is 63.3 Å². The van der Waals surface area contributed by atoms with E-state index >= 15 is 0 Å². The zero-order chi connectivity index (χ0) is 25.4. The largest absolute Gasteiger partial charge is 0.477 e. The number of β-lactam (4-membered cyclic amide) rings is 1. The summed E-state index contributed by atoms with van der Waals surface area (Å²) in [5.74, 6) is -2.88. The first kappa shape index (κ1) is 23.8. The summed E-state index contributed by atoms with van der Waals surface area (Å²) in [6.45, 7) is 0. The molecule has 36 heavy (non-hydrogen) atoms. The SMILES string of the molecule is Nc1nc(/C(=N/O)C(=O)NC2C(=O)N3C(C(=O)O)=C(Sc4nc(-c5ccncc5)cs4)CC[C@H]23)ns1.